The van der Waals surface area contributed by atoms with E-state index in [-0.39, 0.29) is 17.9 Å². The van der Waals surface area contributed by atoms with Gasteiger partial charge in [0.05, 0.1) is 7.11 Å². The Morgan fingerprint density at radius 2 is 1.79 bits per heavy atom. The topological polar surface area (TPSA) is 58.6 Å². The number of hydrogen-bond acceptors (Lipinski definition) is 4. The van der Waals surface area contributed by atoms with Crippen LogP contribution in [0.1, 0.15) is 32.8 Å². The van der Waals surface area contributed by atoms with Crippen molar-refractivity contribution in [1.29, 1.82) is 0 Å². The number of amides is 2. The van der Waals surface area contributed by atoms with Gasteiger partial charge in [-0.1, -0.05) is 30.3 Å². The highest BCUT2D eigenvalue weighted by Gasteiger charge is 2.26. The van der Waals surface area contributed by atoms with E-state index in [0.29, 0.717) is 18.7 Å². The van der Waals surface area contributed by atoms with Crippen LogP contribution in [0.4, 0.5) is 0 Å². The monoisotopic (exact) mass is 414 g/mol. The normalized spacial score (nSPS) is 11.8. The van der Waals surface area contributed by atoms with Crippen LogP contribution in [0.3, 0.4) is 0 Å². The van der Waals surface area contributed by atoms with E-state index in [9.17, 15) is 9.59 Å². The molecular weight excluding hydrogens is 384 g/mol. The summed E-state index contributed by atoms with van der Waals surface area (Å²) in [5.74, 6) is 1.21. The van der Waals surface area contributed by atoms with Crippen molar-refractivity contribution in [1.82, 2.24) is 10.2 Å². The Morgan fingerprint density at radius 1 is 1.07 bits per heavy atom. The molecule has 0 bridgehead atoms. The number of thioether (sulfide) groups is 1. The lowest BCUT2D eigenvalue weighted by molar-refractivity contribution is -0.140. The Labute approximate surface area is 177 Å². The summed E-state index contributed by atoms with van der Waals surface area (Å²) in [6, 6.07) is 17.0. The third kappa shape index (κ3) is 7.46. The average Bonchev–Trinajstić information content (AvgIpc) is 2.71. The van der Waals surface area contributed by atoms with Crippen molar-refractivity contribution < 1.29 is 14.3 Å². The van der Waals surface area contributed by atoms with Crippen molar-refractivity contribution in [3.05, 3.63) is 60.2 Å². The quantitative estimate of drug-likeness (QED) is 0.594. The van der Waals surface area contributed by atoms with Crippen LogP contribution in [0.2, 0.25) is 0 Å². The number of nitrogens with one attached hydrogen (secondary N) is 1. The Kier molecular flexibility index (Phi) is 9.06. The van der Waals surface area contributed by atoms with E-state index >= 15 is 0 Å². The molecule has 2 aromatic carbocycles. The van der Waals surface area contributed by atoms with E-state index < -0.39 is 6.04 Å². The summed E-state index contributed by atoms with van der Waals surface area (Å²) < 4.78 is 5.29. The molecule has 29 heavy (non-hydrogen) atoms. The number of rotatable bonds is 10. The van der Waals surface area contributed by atoms with Crippen molar-refractivity contribution in [3.63, 3.8) is 0 Å². The van der Waals surface area contributed by atoms with Crippen LogP contribution in [0, 0.1) is 0 Å². The average molecular weight is 415 g/mol. The number of carbonyl (C=O) groups excluding carboxylic acids is 2. The lowest BCUT2D eigenvalue weighted by Gasteiger charge is -2.29. The maximum Gasteiger partial charge on any atom is 0.242 e. The molecule has 2 amide bonds. The standard InChI is InChI=1S/C23H30N2O3S/c1-17(2)24-23(27)18(3)25(16-19-9-8-10-20(15-19)28-4)22(26)13-14-29-21-11-6-5-7-12-21/h5-12,15,17-18H,13-14,16H2,1-4H3,(H,24,27)/t18-/m1/s1. The predicted octanol–water partition coefficient (Wildman–Crippen LogP) is 4.12. The van der Waals surface area contributed by atoms with Crippen LogP contribution in [0.25, 0.3) is 0 Å². The number of methoxy groups -OCH3 is 1. The zero-order valence-electron chi connectivity index (χ0n) is 17.6. The van der Waals surface area contributed by atoms with E-state index in [1.165, 1.54) is 0 Å². The highest BCUT2D eigenvalue weighted by molar-refractivity contribution is 7.99. The van der Waals surface area contributed by atoms with Gasteiger partial charge in [0.25, 0.3) is 0 Å². The summed E-state index contributed by atoms with van der Waals surface area (Å²) in [7, 11) is 1.61. The number of hydrogen-bond donors (Lipinski definition) is 1. The molecule has 2 aromatic rings. The first-order valence-corrected chi connectivity index (χ1v) is 10.8. The van der Waals surface area contributed by atoms with Gasteiger partial charge in [-0.05, 0) is 50.6 Å². The van der Waals surface area contributed by atoms with E-state index in [0.717, 1.165) is 16.2 Å². The molecule has 0 heterocycles. The van der Waals surface area contributed by atoms with Gasteiger partial charge < -0.3 is 15.0 Å². The van der Waals surface area contributed by atoms with E-state index in [1.807, 2.05) is 68.4 Å². The minimum Gasteiger partial charge on any atom is -0.497 e. The number of ether oxygens (including phenoxy) is 1. The molecule has 0 aliphatic carbocycles. The van der Waals surface area contributed by atoms with Crippen LogP contribution in [0.15, 0.2) is 59.5 Å². The van der Waals surface area contributed by atoms with E-state index in [1.54, 1.807) is 30.7 Å². The molecule has 0 aliphatic rings. The van der Waals surface area contributed by atoms with Crippen molar-refractivity contribution >= 4 is 23.6 Å². The van der Waals surface area contributed by atoms with Gasteiger partial charge in [0.2, 0.25) is 11.8 Å². The lowest BCUT2D eigenvalue weighted by atomic mass is 10.1. The lowest BCUT2D eigenvalue weighted by Crippen LogP contribution is -2.49. The first-order chi connectivity index (χ1) is 13.9. The van der Waals surface area contributed by atoms with Crippen LogP contribution in [0.5, 0.6) is 5.75 Å². The fourth-order valence-electron chi connectivity index (χ4n) is 2.87. The van der Waals surface area contributed by atoms with Gasteiger partial charge in [-0.3, -0.25) is 9.59 Å². The molecule has 1 atom stereocenters. The summed E-state index contributed by atoms with van der Waals surface area (Å²) in [5.41, 5.74) is 0.928. The fourth-order valence-corrected chi connectivity index (χ4v) is 3.73. The second-order valence-corrected chi connectivity index (χ2v) is 8.29. The first-order valence-electron chi connectivity index (χ1n) is 9.81. The van der Waals surface area contributed by atoms with Gasteiger partial charge in [-0.25, -0.2) is 0 Å². The molecule has 0 fully saturated rings. The SMILES string of the molecule is COc1cccc(CN(C(=O)CCSc2ccccc2)[C@H](C)C(=O)NC(C)C)c1. The predicted molar refractivity (Wildman–Crippen MR) is 118 cm³/mol. The van der Waals surface area contributed by atoms with Crippen LogP contribution in [-0.2, 0) is 16.1 Å². The molecule has 2 rings (SSSR count). The second kappa shape index (κ2) is 11.5. The summed E-state index contributed by atoms with van der Waals surface area (Å²) in [5, 5.41) is 2.91. The van der Waals surface area contributed by atoms with Crippen molar-refractivity contribution in [2.24, 2.45) is 0 Å². The third-order valence-corrected chi connectivity index (χ3v) is 5.43. The molecular formula is C23H30N2O3S. The zero-order valence-corrected chi connectivity index (χ0v) is 18.4. The van der Waals surface area contributed by atoms with Gasteiger partial charge in [-0.15, -0.1) is 11.8 Å². The van der Waals surface area contributed by atoms with Crippen molar-refractivity contribution in [2.45, 2.75) is 50.7 Å². The van der Waals surface area contributed by atoms with Gasteiger partial charge in [-0.2, -0.15) is 0 Å². The van der Waals surface area contributed by atoms with E-state index in [4.69, 9.17) is 4.74 Å². The van der Waals surface area contributed by atoms with Crippen molar-refractivity contribution in [2.75, 3.05) is 12.9 Å². The molecule has 1 N–H and O–H groups in total. The molecule has 0 unspecified atom stereocenters. The summed E-state index contributed by atoms with van der Waals surface area (Å²) in [6.45, 7) is 5.96. The Morgan fingerprint density at radius 3 is 2.45 bits per heavy atom. The second-order valence-electron chi connectivity index (χ2n) is 7.12. The number of nitrogens with zero attached hydrogens (tertiary/aromatic N) is 1. The smallest absolute Gasteiger partial charge is 0.242 e. The maximum absolute atomic E-state index is 13.0. The summed E-state index contributed by atoms with van der Waals surface area (Å²) in [6.07, 6.45) is 0.364. The fraction of sp³-hybridized carbons (Fsp3) is 0.391. The molecule has 5 nitrogen and oxygen atoms in total. The molecule has 0 saturated carbocycles. The first kappa shape index (κ1) is 22.8. The molecule has 0 saturated heterocycles. The molecule has 6 heteroatoms. The molecule has 0 aromatic heterocycles. The Balaban J connectivity index is 2.09. The van der Waals surface area contributed by atoms with E-state index in [2.05, 4.69) is 5.32 Å². The van der Waals surface area contributed by atoms with Gasteiger partial charge >= 0.3 is 0 Å². The molecule has 0 spiro atoms. The maximum atomic E-state index is 13.0. The third-order valence-electron chi connectivity index (χ3n) is 4.41. The van der Waals surface area contributed by atoms with Gasteiger partial charge in [0, 0.05) is 29.7 Å². The highest BCUT2D eigenvalue weighted by atomic mass is 32.2. The highest BCUT2D eigenvalue weighted by Crippen LogP contribution is 2.20. The van der Waals surface area contributed by atoms with Gasteiger partial charge in [0.15, 0.2) is 0 Å². The molecule has 0 radical (unpaired) electrons. The Bertz CT molecular complexity index is 796. The minimum absolute atomic E-state index is 0.0207. The summed E-state index contributed by atoms with van der Waals surface area (Å²) in [4.78, 5) is 28.4. The zero-order chi connectivity index (χ0) is 21.2. The minimum atomic E-state index is -0.558. The van der Waals surface area contributed by atoms with Crippen molar-refractivity contribution in [3.8, 4) is 5.75 Å². The van der Waals surface area contributed by atoms with Gasteiger partial charge in [0.1, 0.15) is 11.8 Å². The van der Waals surface area contributed by atoms with Crippen LogP contribution >= 0.6 is 11.8 Å². The van der Waals surface area contributed by atoms with Crippen LogP contribution in [-0.4, -0.2) is 41.7 Å². The van der Waals surface area contributed by atoms with Crippen LogP contribution < -0.4 is 10.1 Å². The number of benzene rings is 2. The Hall–Kier alpha value is -2.47. The number of carbonyl (C=O) groups is 2. The molecule has 0 aliphatic heterocycles. The largest absolute Gasteiger partial charge is 0.497 e. The molecule has 156 valence electrons. The summed E-state index contributed by atoms with van der Waals surface area (Å²) >= 11 is 1.64.